The fourth-order valence-corrected chi connectivity index (χ4v) is 2.51. The van der Waals surface area contributed by atoms with Crippen molar-refractivity contribution in [1.82, 2.24) is 0 Å². The molecule has 0 N–H and O–H groups in total. The lowest BCUT2D eigenvalue weighted by molar-refractivity contribution is -0.119. The smallest absolute Gasteiger partial charge is 0.234 e. The Hall–Kier alpha value is -2.09. The van der Waals surface area contributed by atoms with E-state index in [1.165, 1.54) is 0 Å². The van der Waals surface area contributed by atoms with Crippen LogP contribution in [0.4, 0.5) is 5.69 Å². The van der Waals surface area contributed by atoms with Crippen LogP contribution in [0, 0.1) is 0 Å². The molecule has 1 atom stereocenters. The third kappa shape index (κ3) is 1.70. The summed E-state index contributed by atoms with van der Waals surface area (Å²) < 4.78 is 0. The molecule has 2 nitrogen and oxygen atoms in total. The van der Waals surface area contributed by atoms with E-state index in [1.807, 2.05) is 54.3 Å². The van der Waals surface area contributed by atoms with Crippen molar-refractivity contribution >= 4 is 11.6 Å². The van der Waals surface area contributed by atoms with Crippen LogP contribution in [0.5, 0.6) is 0 Å². The van der Waals surface area contributed by atoms with Crippen molar-refractivity contribution in [1.29, 1.82) is 0 Å². The van der Waals surface area contributed by atoms with Crippen LogP contribution in [0.2, 0.25) is 0 Å². The minimum absolute atomic E-state index is 0.0232. The van der Waals surface area contributed by atoms with Gasteiger partial charge in [-0.05, 0) is 24.1 Å². The SMILES string of the molecule is C[C@H]1C(=O)N(Cc2ccccc2)c2ccccc21. The zero-order valence-electron chi connectivity index (χ0n) is 10.3. The van der Waals surface area contributed by atoms with Crippen molar-refractivity contribution in [3.63, 3.8) is 0 Å². The van der Waals surface area contributed by atoms with Gasteiger partial charge >= 0.3 is 0 Å². The number of nitrogens with zero attached hydrogens (tertiary/aromatic N) is 1. The molecule has 1 aliphatic heterocycles. The molecule has 0 saturated heterocycles. The topological polar surface area (TPSA) is 20.3 Å². The number of anilines is 1. The Labute approximate surface area is 107 Å². The van der Waals surface area contributed by atoms with Gasteiger partial charge in [0.25, 0.3) is 0 Å². The van der Waals surface area contributed by atoms with Crippen LogP contribution in [0.1, 0.15) is 24.0 Å². The first-order chi connectivity index (χ1) is 8.77. The maximum absolute atomic E-state index is 12.3. The molecule has 2 heteroatoms. The van der Waals surface area contributed by atoms with Gasteiger partial charge in [0.05, 0.1) is 12.5 Å². The molecule has 0 aromatic heterocycles. The Balaban J connectivity index is 1.96. The van der Waals surface area contributed by atoms with Gasteiger partial charge in [-0.2, -0.15) is 0 Å². The summed E-state index contributed by atoms with van der Waals surface area (Å²) >= 11 is 0. The highest BCUT2D eigenvalue weighted by Crippen LogP contribution is 2.37. The average Bonchev–Trinajstić information content (AvgIpc) is 2.66. The second kappa shape index (κ2) is 4.30. The predicted octanol–water partition coefficient (Wildman–Crippen LogP) is 3.34. The monoisotopic (exact) mass is 237 g/mol. The Morgan fingerprint density at radius 2 is 1.67 bits per heavy atom. The summed E-state index contributed by atoms with van der Waals surface area (Å²) in [5.74, 6) is 0.171. The van der Waals surface area contributed by atoms with Gasteiger partial charge in [0.1, 0.15) is 0 Å². The lowest BCUT2D eigenvalue weighted by Gasteiger charge is -2.17. The zero-order valence-corrected chi connectivity index (χ0v) is 10.3. The third-order valence-corrected chi connectivity index (χ3v) is 3.51. The second-order valence-electron chi connectivity index (χ2n) is 4.69. The highest BCUT2D eigenvalue weighted by Gasteiger charge is 2.33. The standard InChI is InChI=1S/C16H15NO/c1-12-14-9-5-6-10-15(14)17(16(12)18)11-13-7-3-2-4-8-13/h2-10,12H,11H2,1H3/t12-/m1/s1. The number of hydrogen-bond acceptors (Lipinski definition) is 1. The van der Waals surface area contributed by atoms with E-state index in [0.717, 1.165) is 16.8 Å². The molecule has 0 fully saturated rings. The Bertz CT molecular complexity index is 577. The number of rotatable bonds is 2. The molecular formula is C16H15NO. The van der Waals surface area contributed by atoms with Crippen LogP contribution in [0.15, 0.2) is 54.6 Å². The Morgan fingerprint density at radius 1 is 1.00 bits per heavy atom. The molecule has 3 rings (SSSR count). The number of benzene rings is 2. The van der Waals surface area contributed by atoms with E-state index in [0.29, 0.717) is 6.54 Å². The molecule has 90 valence electrons. The molecule has 1 heterocycles. The maximum atomic E-state index is 12.3. The molecular weight excluding hydrogens is 222 g/mol. The highest BCUT2D eigenvalue weighted by molar-refractivity contribution is 6.04. The summed E-state index contributed by atoms with van der Waals surface area (Å²) in [6, 6.07) is 18.2. The van der Waals surface area contributed by atoms with Crippen LogP contribution in [-0.2, 0) is 11.3 Å². The second-order valence-corrected chi connectivity index (χ2v) is 4.69. The summed E-state index contributed by atoms with van der Waals surface area (Å²) in [6.07, 6.45) is 0. The summed E-state index contributed by atoms with van der Waals surface area (Å²) in [5, 5.41) is 0. The number of fused-ring (bicyclic) bond motifs is 1. The van der Waals surface area contributed by atoms with Crippen molar-refractivity contribution < 1.29 is 4.79 Å². The van der Waals surface area contributed by atoms with E-state index < -0.39 is 0 Å². The molecule has 2 aromatic carbocycles. The fraction of sp³-hybridized carbons (Fsp3) is 0.188. The summed E-state index contributed by atoms with van der Waals surface area (Å²) in [6.45, 7) is 2.63. The van der Waals surface area contributed by atoms with Gasteiger partial charge in [-0.1, -0.05) is 48.5 Å². The highest BCUT2D eigenvalue weighted by atomic mass is 16.2. The minimum Gasteiger partial charge on any atom is -0.307 e. The van der Waals surface area contributed by atoms with E-state index in [2.05, 4.69) is 12.1 Å². The van der Waals surface area contributed by atoms with E-state index in [-0.39, 0.29) is 11.8 Å². The fourth-order valence-electron chi connectivity index (χ4n) is 2.51. The molecule has 0 unspecified atom stereocenters. The molecule has 0 saturated carbocycles. The maximum Gasteiger partial charge on any atom is 0.234 e. The van der Waals surface area contributed by atoms with Crippen molar-refractivity contribution in [2.45, 2.75) is 19.4 Å². The van der Waals surface area contributed by atoms with Crippen molar-refractivity contribution in [2.24, 2.45) is 0 Å². The Kier molecular flexibility index (Phi) is 2.63. The summed E-state index contributed by atoms with van der Waals surface area (Å²) in [5.41, 5.74) is 3.35. The van der Waals surface area contributed by atoms with Gasteiger partial charge in [0, 0.05) is 5.69 Å². The van der Waals surface area contributed by atoms with Gasteiger partial charge in [-0.25, -0.2) is 0 Å². The summed E-state index contributed by atoms with van der Waals surface area (Å²) in [7, 11) is 0. The normalized spacial score (nSPS) is 17.9. The molecule has 1 amide bonds. The van der Waals surface area contributed by atoms with Gasteiger partial charge in [-0.15, -0.1) is 0 Å². The number of amides is 1. The van der Waals surface area contributed by atoms with Crippen LogP contribution in [0.3, 0.4) is 0 Å². The van der Waals surface area contributed by atoms with Gasteiger partial charge in [0.15, 0.2) is 0 Å². The zero-order chi connectivity index (χ0) is 12.5. The van der Waals surface area contributed by atoms with Crippen LogP contribution < -0.4 is 4.90 Å². The molecule has 0 bridgehead atoms. The van der Waals surface area contributed by atoms with Crippen LogP contribution >= 0.6 is 0 Å². The molecule has 1 aliphatic rings. The van der Waals surface area contributed by atoms with E-state index >= 15 is 0 Å². The van der Waals surface area contributed by atoms with Crippen molar-refractivity contribution in [3.05, 3.63) is 65.7 Å². The third-order valence-electron chi connectivity index (χ3n) is 3.51. The average molecular weight is 237 g/mol. The molecule has 18 heavy (non-hydrogen) atoms. The van der Waals surface area contributed by atoms with E-state index in [9.17, 15) is 4.79 Å². The van der Waals surface area contributed by atoms with Crippen LogP contribution in [-0.4, -0.2) is 5.91 Å². The van der Waals surface area contributed by atoms with Crippen molar-refractivity contribution in [2.75, 3.05) is 4.90 Å². The largest absolute Gasteiger partial charge is 0.307 e. The first kappa shape index (κ1) is 11.0. The predicted molar refractivity (Wildman–Crippen MR) is 72.5 cm³/mol. The number of carbonyl (C=O) groups excluding carboxylic acids is 1. The first-order valence-corrected chi connectivity index (χ1v) is 6.21. The number of hydrogen-bond donors (Lipinski definition) is 0. The summed E-state index contributed by atoms with van der Waals surface area (Å²) in [4.78, 5) is 14.2. The lowest BCUT2D eigenvalue weighted by Crippen LogP contribution is -2.27. The quantitative estimate of drug-likeness (QED) is 0.784. The van der Waals surface area contributed by atoms with E-state index in [1.54, 1.807) is 0 Å². The number of para-hydroxylation sites is 1. The van der Waals surface area contributed by atoms with Gasteiger partial charge < -0.3 is 4.90 Å². The lowest BCUT2D eigenvalue weighted by atomic mass is 10.0. The Morgan fingerprint density at radius 3 is 2.44 bits per heavy atom. The van der Waals surface area contributed by atoms with Crippen LogP contribution in [0.25, 0.3) is 0 Å². The molecule has 0 aliphatic carbocycles. The van der Waals surface area contributed by atoms with E-state index in [4.69, 9.17) is 0 Å². The van der Waals surface area contributed by atoms with Gasteiger partial charge in [-0.3, -0.25) is 4.79 Å². The first-order valence-electron chi connectivity index (χ1n) is 6.21. The van der Waals surface area contributed by atoms with Crippen molar-refractivity contribution in [3.8, 4) is 0 Å². The molecule has 0 spiro atoms. The molecule has 2 aromatic rings. The number of carbonyl (C=O) groups is 1. The molecule has 0 radical (unpaired) electrons. The minimum atomic E-state index is -0.0232. The van der Waals surface area contributed by atoms with Gasteiger partial charge in [0.2, 0.25) is 5.91 Å².